The maximum atomic E-state index is 13.4. The number of likely N-dealkylation sites (N-methyl/N-ethyl adjacent to an activating group) is 1. The Morgan fingerprint density at radius 1 is 1.07 bits per heavy atom. The second-order valence-corrected chi connectivity index (χ2v) is 10.9. The molecule has 160 valence electrons. The Kier molecular flexibility index (Phi) is 6.59. The summed E-state index contributed by atoms with van der Waals surface area (Å²) in [4.78, 5) is 21.9. The predicted octanol–water partition coefficient (Wildman–Crippen LogP) is 3.92. The Labute approximate surface area is 182 Å². The van der Waals surface area contributed by atoms with Crippen LogP contribution in [0.25, 0.3) is 10.2 Å². The summed E-state index contributed by atoms with van der Waals surface area (Å²) in [6, 6.07) is 10.4. The second kappa shape index (κ2) is 8.83. The van der Waals surface area contributed by atoms with Gasteiger partial charge in [0.15, 0.2) is 15.0 Å². The van der Waals surface area contributed by atoms with Gasteiger partial charge in [0.05, 0.1) is 20.9 Å². The third-order valence-electron chi connectivity index (χ3n) is 5.06. The van der Waals surface area contributed by atoms with E-state index in [1.54, 1.807) is 24.0 Å². The SMILES string of the molecule is CCS(=O)(=O)c1cccc(C(=O)N(CCN(C)C)c2nc3cc(C)c(C)cc3s2)c1. The van der Waals surface area contributed by atoms with Crippen molar-refractivity contribution in [3.63, 3.8) is 0 Å². The van der Waals surface area contributed by atoms with Crippen LogP contribution < -0.4 is 4.90 Å². The predicted molar refractivity (Wildman–Crippen MR) is 123 cm³/mol. The lowest BCUT2D eigenvalue weighted by atomic mass is 10.1. The van der Waals surface area contributed by atoms with Gasteiger partial charge in [0.25, 0.3) is 5.91 Å². The summed E-state index contributed by atoms with van der Waals surface area (Å²) < 4.78 is 25.6. The third-order valence-corrected chi connectivity index (χ3v) is 7.83. The molecule has 0 aliphatic carbocycles. The van der Waals surface area contributed by atoms with E-state index in [1.165, 1.54) is 29.0 Å². The van der Waals surface area contributed by atoms with Gasteiger partial charge in [-0.1, -0.05) is 24.3 Å². The van der Waals surface area contributed by atoms with Crippen molar-refractivity contribution in [3.8, 4) is 0 Å². The molecule has 6 nitrogen and oxygen atoms in total. The molecule has 1 amide bonds. The first-order valence-corrected chi connectivity index (χ1v) is 12.3. The van der Waals surface area contributed by atoms with E-state index in [0.717, 1.165) is 15.8 Å². The molecule has 0 N–H and O–H groups in total. The minimum absolute atomic E-state index is 0.00837. The van der Waals surface area contributed by atoms with Gasteiger partial charge in [-0.25, -0.2) is 13.4 Å². The minimum atomic E-state index is -3.39. The number of fused-ring (bicyclic) bond motifs is 1. The van der Waals surface area contributed by atoms with Gasteiger partial charge in [-0.2, -0.15) is 0 Å². The normalized spacial score (nSPS) is 11.9. The van der Waals surface area contributed by atoms with E-state index in [9.17, 15) is 13.2 Å². The van der Waals surface area contributed by atoms with Gasteiger partial charge in [-0.3, -0.25) is 9.69 Å². The molecule has 0 unspecified atom stereocenters. The molecule has 0 radical (unpaired) electrons. The summed E-state index contributed by atoms with van der Waals surface area (Å²) in [6.07, 6.45) is 0. The van der Waals surface area contributed by atoms with Crippen LogP contribution in [0, 0.1) is 13.8 Å². The summed E-state index contributed by atoms with van der Waals surface area (Å²) >= 11 is 1.47. The van der Waals surface area contributed by atoms with Gasteiger partial charge in [-0.15, -0.1) is 0 Å². The van der Waals surface area contributed by atoms with Gasteiger partial charge in [-0.05, 0) is 69.4 Å². The summed E-state index contributed by atoms with van der Waals surface area (Å²) in [7, 11) is 0.501. The second-order valence-electron chi connectivity index (χ2n) is 7.59. The fourth-order valence-electron chi connectivity index (χ4n) is 3.01. The third kappa shape index (κ3) is 4.71. The van der Waals surface area contributed by atoms with Crippen molar-refractivity contribution in [1.82, 2.24) is 9.88 Å². The van der Waals surface area contributed by atoms with E-state index in [2.05, 4.69) is 13.0 Å². The molecule has 0 fully saturated rings. The van der Waals surface area contributed by atoms with Gasteiger partial charge in [0, 0.05) is 18.7 Å². The van der Waals surface area contributed by atoms with Crippen LogP contribution in [0.4, 0.5) is 5.13 Å². The number of aryl methyl sites for hydroxylation is 2. The van der Waals surface area contributed by atoms with Crippen LogP contribution in [0.5, 0.6) is 0 Å². The fourth-order valence-corrected chi connectivity index (χ4v) is 5.01. The van der Waals surface area contributed by atoms with Gasteiger partial charge in [0.1, 0.15) is 0 Å². The zero-order chi connectivity index (χ0) is 22.1. The number of thiazole rings is 1. The molecule has 3 rings (SSSR count). The first-order chi connectivity index (χ1) is 14.1. The molecule has 0 aliphatic rings. The molecule has 0 aliphatic heterocycles. The maximum absolute atomic E-state index is 13.4. The van der Waals surface area contributed by atoms with Crippen LogP contribution in [0.15, 0.2) is 41.3 Å². The fraction of sp³-hybridized carbons (Fsp3) is 0.364. The summed E-state index contributed by atoms with van der Waals surface area (Å²) in [5, 5.41) is 0.616. The Morgan fingerprint density at radius 2 is 1.77 bits per heavy atom. The van der Waals surface area contributed by atoms with E-state index in [-0.39, 0.29) is 16.6 Å². The molecule has 1 heterocycles. The number of sulfone groups is 1. The van der Waals surface area contributed by atoms with E-state index in [0.29, 0.717) is 23.8 Å². The van der Waals surface area contributed by atoms with Crippen LogP contribution in [-0.4, -0.2) is 57.1 Å². The summed E-state index contributed by atoms with van der Waals surface area (Å²) in [5.41, 5.74) is 3.54. The average molecular weight is 446 g/mol. The lowest BCUT2D eigenvalue weighted by Crippen LogP contribution is -2.36. The quantitative estimate of drug-likeness (QED) is 0.551. The van der Waals surface area contributed by atoms with Crippen molar-refractivity contribution < 1.29 is 13.2 Å². The molecular weight excluding hydrogens is 418 g/mol. The van der Waals surface area contributed by atoms with Crippen molar-refractivity contribution in [2.45, 2.75) is 25.7 Å². The number of rotatable bonds is 7. The smallest absolute Gasteiger partial charge is 0.260 e. The van der Waals surface area contributed by atoms with Crippen molar-refractivity contribution >= 4 is 42.4 Å². The van der Waals surface area contributed by atoms with Crippen molar-refractivity contribution in [3.05, 3.63) is 53.1 Å². The van der Waals surface area contributed by atoms with Crippen LogP contribution in [-0.2, 0) is 9.84 Å². The Morgan fingerprint density at radius 3 is 2.43 bits per heavy atom. The number of aromatic nitrogens is 1. The van der Waals surface area contributed by atoms with Gasteiger partial charge >= 0.3 is 0 Å². The largest absolute Gasteiger partial charge is 0.308 e. The van der Waals surface area contributed by atoms with Crippen molar-refractivity contribution in [2.24, 2.45) is 0 Å². The maximum Gasteiger partial charge on any atom is 0.260 e. The Bertz CT molecular complexity index is 1140. The van der Waals surface area contributed by atoms with E-state index in [1.807, 2.05) is 32.0 Å². The van der Waals surface area contributed by atoms with E-state index >= 15 is 0 Å². The highest BCUT2D eigenvalue weighted by molar-refractivity contribution is 7.91. The average Bonchev–Trinajstić information content (AvgIpc) is 3.10. The van der Waals surface area contributed by atoms with Crippen LogP contribution in [0.3, 0.4) is 0 Å². The topological polar surface area (TPSA) is 70.6 Å². The summed E-state index contributed by atoms with van der Waals surface area (Å²) in [5.74, 6) is -0.261. The number of anilines is 1. The first kappa shape index (κ1) is 22.4. The number of benzene rings is 2. The number of nitrogens with zero attached hydrogens (tertiary/aromatic N) is 3. The highest BCUT2D eigenvalue weighted by atomic mass is 32.2. The molecule has 0 spiro atoms. The summed E-state index contributed by atoms with van der Waals surface area (Å²) in [6.45, 7) is 6.81. The molecular formula is C22H27N3O3S2. The monoisotopic (exact) mass is 445 g/mol. The van der Waals surface area contributed by atoms with Crippen molar-refractivity contribution in [2.75, 3.05) is 37.8 Å². The van der Waals surface area contributed by atoms with Gasteiger partial charge in [0.2, 0.25) is 0 Å². The molecule has 0 atom stereocenters. The van der Waals surface area contributed by atoms with E-state index in [4.69, 9.17) is 4.98 Å². The number of hydrogen-bond acceptors (Lipinski definition) is 6. The number of hydrogen-bond donors (Lipinski definition) is 0. The number of carbonyl (C=O) groups excluding carboxylic acids is 1. The molecule has 30 heavy (non-hydrogen) atoms. The standard InChI is InChI=1S/C22H27N3O3S2/c1-6-30(27,28)18-9-7-8-17(14-18)21(26)25(11-10-24(4)5)22-23-19-12-15(2)16(3)13-20(19)29-22/h7-9,12-14H,6,10-11H2,1-5H3. The molecule has 3 aromatic rings. The molecule has 2 aromatic carbocycles. The number of carbonyl (C=O) groups is 1. The highest BCUT2D eigenvalue weighted by Gasteiger charge is 2.23. The van der Waals surface area contributed by atoms with Crippen LogP contribution in [0.2, 0.25) is 0 Å². The lowest BCUT2D eigenvalue weighted by molar-refractivity contribution is 0.0985. The molecule has 0 bridgehead atoms. The van der Waals surface area contributed by atoms with Crippen LogP contribution >= 0.6 is 11.3 Å². The molecule has 0 saturated heterocycles. The number of amides is 1. The highest BCUT2D eigenvalue weighted by Crippen LogP contribution is 2.31. The van der Waals surface area contributed by atoms with Crippen molar-refractivity contribution in [1.29, 1.82) is 0 Å². The molecule has 1 aromatic heterocycles. The Hall–Kier alpha value is -2.29. The van der Waals surface area contributed by atoms with Crippen LogP contribution in [0.1, 0.15) is 28.4 Å². The zero-order valence-electron chi connectivity index (χ0n) is 18.0. The lowest BCUT2D eigenvalue weighted by Gasteiger charge is -2.22. The molecule has 0 saturated carbocycles. The van der Waals surface area contributed by atoms with E-state index < -0.39 is 9.84 Å². The zero-order valence-corrected chi connectivity index (χ0v) is 19.6. The Balaban J connectivity index is 2.04. The first-order valence-electron chi connectivity index (χ1n) is 9.79. The van der Waals surface area contributed by atoms with Gasteiger partial charge < -0.3 is 4.90 Å². The molecule has 8 heteroatoms. The minimum Gasteiger partial charge on any atom is -0.308 e.